The number of likely N-dealkylation sites (tertiary alicyclic amines) is 1. The highest BCUT2D eigenvalue weighted by Crippen LogP contribution is 2.19. The van der Waals surface area contributed by atoms with E-state index in [1.807, 2.05) is 39.8 Å². The summed E-state index contributed by atoms with van der Waals surface area (Å²) in [6.07, 6.45) is 1.57. The lowest BCUT2D eigenvalue weighted by Gasteiger charge is -2.25. The van der Waals surface area contributed by atoms with Crippen molar-refractivity contribution in [3.63, 3.8) is 0 Å². The Hall–Kier alpha value is -3.89. The SMILES string of the molecule is COC(=O)[C@H](CC(C)C)NC(=O)N1CCC[C@H](NC(=O)[C@H](CC(C)C)NC(=O)c2cc3ccccc3o2)C(=O)C1. The molecule has 40 heavy (non-hydrogen) atoms. The molecule has 3 atom stereocenters. The molecule has 11 heteroatoms. The summed E-state index contributed by atoms with van der Waals surface area (Å²) in [5.74, 6) is -1.55. The van der Waals surface area contributed by atoms with E-state index in [4.69, 9.17) is 9.15 Å². The van der Waals surface area contributed by atoms with Crippen LogP contribution in [0.5, 0.6) is 0 Å². The fourth-order valence-electron chi connectivity index (χ4n) is 4.72. The monoisotopic (exact) mass is 556 g/mol. The van der Waals surface area contributed by atoms with E-state index in [1.54, 1.807) is 18.2 Å². The molecule has 0 spiro atoms. The molecule has 2 heterocycles. The number of hydrogen-bond acceptors (Lipinski definition) is 7. The molecule has 0 aliphatic carbocycles. The van der Waals surface area contributed by atoms with Gasteiger partial charge in [0.25, 0.3) is 5.91 Å². The Labute approximate surface area is 234 Å². The number of ether oxygens (including phenoxy) is 1. The van der Waals surface area contributed by atoms with Crippen LogP contribution in [0.1, 0.15) is 63.9 Å². The van der Waals surface area contributed by atoms with E-state index >= 15 is 0 Å². The number of hydrogen-bond donors (Lipinski definition) is 3. The molecule has 3 N–H and O–H groups in total. The predicted molar refractivity (Wildman–Crippen MR) is 148 cm³/mol. The molecule has 2 aromatic rings. The molecule has 4 amide bonds. The van der Waals surface area contributed by atoms with Gasteiger partial charge >= 0.3 is 12.0 Å². The van der Waals surface area contributed by atoms with Gasteiger partial charge in [-0.3, -0.25) is 14.4 Å². The molecular weight excluding hydrogens is 516 g/mol. The Bertz CT molecular complexity index is 1190. The maximum atomic E-state index is 13.3. The van der Waals surface area contributed by atoms with Crippen molar-refractivity contribution in [2.24, 2.45) is 11.8 Å². The zero-order valence-electron chi connectivity index (χ0n) is 23.8. The topological polar surface area (TPSA) is 147 Å². The van der Waals surface area contributed by atoms with Crippen molar-refractivity contribution < 1.29 is 33.1 Å². The number of Topliss-reactive ketones (excluding diaryl/α,β-unsaturated/α-hetero) is 1. The van der Waals surface area contributed by atoms with Crippen molar-refractivity contribution in [2.75, 3.05) is 20.2 Å². The van der Waals surface area contributed by atoms with Crippen molar-refractivity contribution in [2.45, 2.75) is 71.5 Å². The van der Waals surface area contributed by atoms with Crippen LogP contribution in [0.2, 0.25) is 0 Å². The van der Waals surface area contributed by atoms with Crippen LogP contribution in [0, 0.1) is 11.8 Å². The summed E-state index contributed by atoms with van der Waals surface area (Å²) in [5.41, 5.74) is 0.567. The van der Waals surface area contributed by atoms with E-state index in [1.165, 1.54) is 12.0 Å². The van der Waals surface area contributed by atoms with Crippen molar-refractivity contribution in [3.8, 4) is 0 Å². The van der Waals surface area contributed by atoms with E-state index in [2.05, 4.69) is 16.0 Å². The second-order valence-corrected chi connectivity index (χ2v) is 11.1. The molecule has 0 bridgehead atoms. The highest BCUT2D eigenvalue weighted by atomic mass is 16.5. The molecule has 11 nitrogen and oxygen atoms in total. The van der Waals surface area contributed by atoms with E-state index in [-0.39, 0.29) is 36.5 Å². The zero-order valence-corrected chi connectivity index (χ0v) is 23.8. The van der Waals surface area contributed by atoms with E-state index in [0.29, 0.717) is 31.3 Å². The average molecular weight is 557 g/mol. The first-order valence-electron chi connectivity index (χ1n) is 13.7. The lowest BCUT2D eigenvalue weighted by atomic mass is 10.0. The molecule has 1 aromatic heterocycles. The fourth-order valence-corrected chi connectivity index (χ4v) is 4.72. The maximum absolute atomic E-state index is 13.3. The molecular formula is C29H40N4O7. The summed E-state index contributed by atoms with van der Waals surface area (Å²) in [6.45, 7) is 7.79. The van der Waals surface area contributed by atoms with Gasteiger partial charge in [0.1, 0.15) is 17.7 Å². The van der Waals surface area contributed by atoms with Crippen molar-refractivity contribution in [1.29, 1.82) is 0 Å². The van der Waals surface area contributed by atoms with Gasteiger partial charge in [-0.05, 0) is 49.7 Å². The third-order valence-electron chi connectivity index (χ3n) is 6.73. The van der Waals surface area contributed by atoms with Gasteiger partial charge in [0.05, 0.1) is 19.7 Å². The van der Waals surface area contributed by atoms with Gasteiger partial charge in [0.15, 0.2) is 11.5 Å². The molecule has 1 aliphatic heterocycles. The van der Waals surface area contributed by atoms with Gasteiger partial charge in [-0.1, -0.05) is 45.9 Å². The Balaban J connectivity index is 1.63. The second kappa shape index (κ2) is 14.0. The van der Waals surface area contributed by atoms with Crippen molar-refractivity contribution in [3.05, 3.63) is 36.1 Å². The standard InChI is InChI=1S/C29H40N4O7/c1-17(2)13-21(31-27(36)25-15-19-9-6-7-11-24(19)40-25)26(35)30-20-10-8-12-33(16-23(20)34)29(38)32-22(14-18(3)4)28(37)39-5/h6-7,9,11,15,17-18,20-22H,8,10,12-14,16H2,1-5H3,(H,30,35)(H,31,36)(H,32,38)/t20-,21-,22-/m0/s1. The van der Waals surface area contributed by atoms with Crippen LogP contribution < -0.4 is 16.0 Å². The number of para-hydroxylation sites is 1. The number of urea groups is 1. The molecule has 1 aliphatic rings. The lowest BCUT2D eigenvalue weighted by molar-refractivity contribution is -0.143. The van der Waals surface area contributed by atoms with E-state index < -0.39 is 41.9 Å². The van der Waals surface area contributed by atoms with E-state index in [0.717, 1.165) is 5.39 Å². The predicted octanol–water partition coefficient (Wildman–Crippen LogP) is 3.02. The van der Waals surface area contributed by atoms with Crippen LogP contribution in [0.3, 0.4) is 0 Å². The number of nitrogens with one attached hydrogen (secondary N) is 3. The highest BCUT2D eigenvalue weighted by molar-refractivity contribution is 6.00. The number of carbonyl (C=O) groups excluding carboxylic acids is 5. The number of furan rings is 1. The van der Waals surface area contributed by atoms with Gasteiger partial charge in [0, 0.05) is 11.9 Å². The molecule has 0 saturated carbocycles. The highest BCUT2D eigenvalue weighted by Gasteiger charge is 2.33. The summed E-state index contributed by atoms with van der Waals surface area (Å²) < 4.78 is 10.4. The quantitative estimate of drug-likeness (QED) is 0.381. The number of methoxy groups -OCH3 is 1. The average Bonchev–Trinajstić information content (AvgIpc) is 3.26. The number of carbonyl (C=O) groups is 5. The molecule has 1 saturated heterocycles. The molecule has 1 fully saturated rings. The zero-order chi connectivity index (χ0) is 29.4. The Kier molecular flexibility index (Phi) is 10.7. The summed E-state index contributed by atoms with van der Waals surface area (Å²) in [7, 11) is 1.26. The minimum Gasteiger partial charge on any atom is -0.467 e. The summed E-state index contributed by atoms with van der Waals surface area (Å²) in [4.78, 5) is 65.6. The fraction of sp³-hybridized carbons (Fsp3) is 0.552. The van der Waals surface area contributed by atoms with Crippen LogP contribution in [0.15, 0.2) is 34.7 Å². The molecule has 218 valence electrons. The van der Waals surface area contributed by atoms with Crippen LogP contribution in [0.4, 0.5) is 4.79 Å². The van der Waals surface area contributed by atoms with Gasteiger partial charge < -0.3 is 30.0 Å². The minimum absolute atomic E-state index is 0.0874. The van der Waals surface area contributed by atoms with Crippen molar-refractivity contribution in [1.82, 2.24) is 20.9 Å². The van der Waals surface area contributed by atoms with Crippen LogP contribution in [-0.4, -0.2) is 72.8 Å². The first kappa shape index (κ1) is 30.6. The van der Waals surface area contributed by atoms with E-state index in [9.17, 15) is 24.0 Å². The third kappa shape index (κ3) is 8.30. The third-order valence-corrected chi connectivity index (χ3v) is 6.73. The number of benzene rings is 1. The van der Waals surface area contributed by atoms with Crippen LogP contribution >= 0.6 is 0 Å². The Morgan fingerprint density at radius 3 is 2.35 bits per heavy atom. The van der Waals surface area contributed by atoms with Gasteiger partial charge in [-0.2, -0.15) is 0 Å². The summed E-state index contributed by atoms with van der Waals surface area (Å²) >= 11 is 0. The molecule has 0 unspecified atom stereocenters. The number of esters is 1. The first-order chi connectivity index (χ1) is 19.0. The minimum atomic E-state index is -0.881. The van der Waals surface area contributed by atoms with Gasteiger partial charge in [-0.25, -0.2) is 9.59 Å². The molecule has 3 rings (SSSR count). The molecule has 0 radical (unpaired) electrons. The summed E-state index contributed by atoms with van der Waals surface area (Å²) in [5, 5.41) is 8.99. The largest absolute Gasteiger partial charge is 0.467 e. The summed E-state index contributed by atoms with van der Waals surface area (Å²) in [6, 6.07) is 5.80. The normalized spacial score (nSPS) is 17.3. The number of fused-ring (bicyclic) bond motifs is 1. The molecule has 1 aromatic carbocycles. The van der Waals surface area contributed by atoms with Crippen LogP contribution in [-0.2, 0) is 19.1 Å². The van der Waals surface area contributed by atoms with Gasteiger partial charge in [0.2, 0.25) is 5.91 Å². The smallest absolute Gasteiger partial charge is 0.328 e. The van der Waals surface area contributed by atoms with Gasteiger partial charge in [-0.15, -0.1) is 0 Å². The number of ketones is 1. The number of nitrogens with zero attached hydrogens (tertiary/aromatic N) is 1. The van der Waals surface area contributed by atoms with Crippen molar-refractivity contribution >= 4 is 40.6 Å². The second-order valence-electron chi connectivity index (χ2n) is 11.1. The first-order valence-corrected chi connectivity index (χ1v) is 13.7. The lowest BCUT2D eigenvalue weighted by Crippen LogP contribution is -2.53. The Morgan fingerprint density at radius 1 is 1.02 bits per heavy atom. The maximum Gasteiger partial charge on any atom is 0.328 e. The Morgan fingerprint density at radius 2 is 1.70 bits per heavy atom. The van der Waals surface area contributed by atoms with Crippen LogP contribution in [0.25, 0.3) is 11.0 Å². The number of amides is 4. The number of rotatable bonds is 10.